The Morgan fingerprint density at radius 3 is 2.44 bits per heavy atom. The molecule has 0 fully saturated rings. The van der Waals surface area contributed by atoms with E-state index in [0.29, 0.717) is 12.3 Å². The van der Waals surface area contributed by atoms with Gasteiger partial charge in [-0.2, -0.15) is 5.10 Å². The molecular weight excluding hydrogens is 336 g/mol. The topological polar surface area (TPSA) is 41.9 Å². The van der Waals surface area contributed by atoms with Crippen LogP contribution in [0.25, 0.3) is 10.8 Å². The van der Waals surface area contributed by atoms with Gasteiger partial charge in [-0.15, -0.1) is 0 Å². The lowest BCUT2D eigenvalue weighted by Gasteiger charge is -2.24. The van der Waals surface area contributed by atoms with Crippen molar-refractivity contribution < 1.29 is 9.53 Å². The number of nitrogens with zero attached hydrogens (tertiary/aromatic N) is 2. The summed E-state index contributed by atoms with van der Waals surface area (Å²) in [5.74, 6) is -0.432. The van der Waals surface area contributed by atoms with E-state index in [1.165, 1.54) is 21.9 Å². The summed E-state index contributed by atoms with van der Waals surface area (Å²) in [7, 11) is 0. The van der Waals surface area contributed by atoms with Crippen molar-refractivity contribution >= 4 is 28.1 Å². The molecule has 2 atom stereocenters. The van der Waals surface area contributed by atoms with Crippen LogP contribution in [0.5, 0.6) is 0 Å². The monoisotopic (exact) mass is 356 g/mol. The second-order valence-corrected chi connectivity index (χ2v) is 7.10. The molecule has 1 aliphatic carbocycles. The van der Waals surface area contributed by atoms with E-state index in [1.807, 2.05) is 11.9 Å². The highest BCUT2D eigenvalue weighted by molar-refractivity contribution is 6.40. The van der Waals surface area contributed by atoms with Gasteiger partial charge in [0.1, 0.15) is 0 Å². The first kappa shape index (κ1) is 16.1. The molecule has 0 saturated heterocycles. The van der Waals surface area contributed by atoms with Gasteiger partial charge in [-0.25, -0.2) is 4.79 Å². The summed E-state index contributed by atoms with van der Waals surface area (Å²) >= 11 is 0. The van der Waals surface area contributed by atoms with Crippen molar-refractivity contribution in [3.05, 3.63) is 77.4 Å². The van der Waals surface area contributed by atoms with Gasteiger partial charge >= 0.3 is 5.97 Å². The van der Waals surface area contributed by atoms with Crippen molar-refractivity contribution in [3.8, 4) is 0 Å². The summed E-state index contributed by atoms with van der Waals surface area (Å²) in [4.78, 5) is 12.7. The van der Waals surface area contributed by atoms with E-state index in [0.717, 1.165) is 11.3 Å². The first-order valence-corrected chi connectivity index (χ1v) is 9.32. The first-order valence-electron chi connectivity index (χ1n) is 9.32. The Morgan fingerprint density at radius 1 is 1.04 bits per heavy atom. The number of ether oxygens (including phenoxy) is 1. The van der Waals surface area contributed by atoms with Crippen molar-refractivity contribution in [2.45, 2.75) is 25.8 Å². The molecule has 0 unspecified atom stereocenters. The number of hydrazone groups is 1. The quantitative estimate of drug-likeness (QED) is 0.637. The van der Waals surface area contributed by atoms with Crippen molar-refractivity contribution in [2.75, 3.05) is 11.6 Å². The molecule has 134 valence electrons. The number of benzene rings is 3. The lowest BCUT2D eigenvalue weighted by molar-refractivity contribution is -0.135. The molecule has 4 heteroatoms. The average molecular weight is 356 g/mol. The number of carbonyl (C=O) groups excluding carboxylic acids is 1. The minimum absolute atomic E-state index is 0.0202. The molecule has 4 nitrogen and oxygen atoms in total. The molecule has 0 saturated carbocycles. The molecule has 0 bridgehead atoms. The molecule has 1 heterocycles. The zero-order valence-corrected chi connectivity index (χ0v) is 15.3. The average Bonchev–Trinajstić information content (AvgIpc) is 3.22. The molecule has 27 heavy (non-hydrogen) atoms. The molecule has 3 aromatic carbocycles. The van der Waals surface area contributed by atoms with E-state index in [2.05, 4.69) is 67.6 Å². The Bertz CT molecular complexity index is 1080. The standard InChI is InChI=1S/C23H20N2O2/c1-3-27-23(26)21-20-17-8-4-6-15-7-5-9-18(19(15)17)22(20)25(24-21)16-12-10-14(2)11-13-16/h4-13,20,22H,3H2,1-2H3/t20-,22-/m0/s1. The summed E-state index contributed by atoms with van der Waals surface area (Å²) in [6.45, 7) is 4.24. The van der Waals surface area contributed by atoms with Gasteiger partial charge in [0.05, 0.1) is 24.3 Å². The summed E-state index contributed by atoms with van der Waals surface area (Å²) in [5, 5.41) is 9.18. The fraction of sp³-hybridized carbons (Fsp3) is 0.217. The van der Waals surface area contributed by atoms with Crippen molar-refractivity contribution in [2.24, 2.45) is 5.10 Å². The van der Waals surface area contributed by atoms with Crippen LogP contribution < -0.4 is 5.01 Å². The van der Waals surface area contributed by atoms with E-state index in [9.17, 15) is 4.79 Å². The maximum Gasteiger partial charge on any atom is 0.355 e. The van der Waals surface area contributed by atoms with Gasteiger partial charge in [0.15, 0.2) is 5.71 Å². The number of hydrogen-bond acceptors (Lipinski definition) is 4. The van der Waals surface area contributed by atoms with Gasteiger partial charge in [-0.05, 0) is 47.9 Å². The Morgan fingerprint density at radius 2 is 1.74 bits per heavy atom. The van der Waals surface area contributed by atoms with Crippen LogP contribution in [0.4, 0.5) is 5.69 Å². The number of carbonyl (C=O) groups is 1. The number of esters is 1. The summed E-state index contributed by atoms with van der Waals surface area (Å²) in [6.07, 6.45) is 0. The van der Waals surface area contributed by atoms with Crippen LogP contribution in [0.15, 0.2) is 65.8 Å². The zero-order chi connectivity index (χ0) is 18.5. The largest absolute Gasteiger partial charge is 0.461 e. The molecule has 0 N–H and O–H groups in total. The van der Waals surface area contributed by atoms with Gasteiger partial charge in [0.25, 0.3) is 0 Å². The lowest BCUT2D eigenvalue weighted by Crippen LogP contribution is -2.24. The number of anilines is 1. The van der Waals surface area contributed by atoms with Crippen LogP contribution in [-0.2, 0) is 9.53 Å². The van der Waals surface area contributed by atoms with Crippen molar-refractivity contribution in [1.29, 1.82) is 0 Å². The number of rotatable bonds is 3. The Balaban J connectivity index is 1.72. The second-order valence-electron chi connectivity index (χ2n) is 7.10. The van der Waals surface area contributed by atoms with E-state index in [4.69, 9.17) is 9.84 Å². The number of hydrogen-bond donors (Lipinski definition) is 0. The molecule has 0 aromatic heterocycles. The minimum Gasteiger partial charge on any atom is -0.461 e. The molecule has 0 spiro atoms. The van der Waals surface area contributed by atoms with Crippen LogP contribution in [0.3, 0.4) is 0 Å². The molecule has 5 rings (SSSR count). The number of aryl methyl sites for hydroxylation is 1. The molecule has 1 aliphatic heterocycles. The lowest BCUT2D eigenvalue weighted by atomic mass is 9.92. The molecular formula is C23H20N2O2. The maximum absolute atomic E-state index is 12.7. The van der Waals surface area contributed by atoms with Crippen LogP contribution in [-0.4, -0.2) is 18.3 Å². The van der Waals surface area contributed by atoms with Crippen molar-refractivity contribution in [1.82, 2.24) is 0 Å². The van der Waals surface area contributed by atoms with E-state index >= 15 is 0 Å². The fourth-order valence-electron chi connectivity index (χ4n) is 4.35. The zero-order valence-electron chi connectivity index (χ0n) is 15.3. The highest BCUT2D eigenvalue weighted by atomic mass is 16.5. The minimum atomic E-state index is -0.327. The highest BCUT2D eigenvalue weighted by Gasteiger charge is 2.48. The summed E-state index contributed by atoms with van der Waals surface area (Å²) in [5.41, 5.74) is 5.05. The van der Waals surface area contributed by atoms with Gasteiger partial charge in [0.2, 0.25) is 0 Å². The predicted molar refractivity (Wildman–Crippen MR) is 107 cm³/mol. The van der Waals surface area contributed by atoms with Gasteiger partial charge in [-0.1, -0.05) is 54.1 Å². The van der Waals surface area contributed by atoms with Gasteiger partial charge < -0.3 is 4.74 Å². The Hall–Kier alpha value is -3.14. The third kappa shape index (κ3) is 2.29. The predicted octanol–water partition coefficient (Wildman–Crippen LogP) is 4.73. The van der Waals surface area contributed by atoms with E-state index < -0.39 is 0 Å². The van der Waals surface area contributed by atoms with Crippen molar-refractivity contribution in [3.63, 3.8) is 0 Å². The molecule has 0 amide bonds. The van der Waals surface area contributed by atoms with E-state index in [-0.39, 0.29) is 17.9 Å². The molecule has 0 radical (unpaired) electrons. The van der Waals surface area contributed by atoms with E-state index in [1.54, 1.807) is 0 Å². The number of fused-ring (bicyclic) bond motifs is 3. The molecule has 2 aliphatic rings. The third-order valence-corrected chi connectivity index (χ3v) is 5.50. The van der Waals surface area contributed by atoms with Crippen LogP contribution in [0.2, 0.25) is 0 Å². The maximum atomic E-state index is 12.7. The fourth-order valence-corrected chi connectivity index (χ4v) is 4.35. The highest BCUT2D eigenvalue weighted by Crippen LogP contribution is 2.53. The molecule has 3 aromatic rings. The van der Waals surface area contributed by atoms with Crippen LogP contribution in [0.1, 0.15) is 35.6 Å². The summed E-state index contributed by atoms with van der Waals surface area (Å²) in [6, 6.07) is 20.9. The third-order valence-electron chi connectivity index (χ3n) is 5.50. The van der Waals surface area contributed by atoms with Gasteiger partial charge in [-0.3, -0.25) is 5.01 Å². The Kier molecular flexibility index (Phi) is 3.54. The SMILES string of the molecule is CCOC(=O)C1=NN(c2ccc(C)cc2)[C@H]2c3cccc4cccc(c34)[C@@H]12. The van der Waals surface area contributed by atoms with Crippen LogP contribution >= 0.6 is 0 Å². The first-order chi connectivity index (χ1) is 13.2. The summed E-state index contributed by atoms with van der Waals surface area (Å²) < 4.78 is 5.34. The van der Waals surface area contributed by atoms with Crippen LogP contribution in [0, 0.1) is 6.92 Å². The second kappa shape index (κ2) is 5.95. The normalized spacial score (nSPS) is 19.9. The Labute approximate surface area is 158 Å². The smallest absolute Gasteiger partial charge is 0.355 e. The van der Waals surface area contributed by atoms with Gasteiger partial charge in [0, 0.05) is 0 Å².